The number of nitrogens with zero attached hydrogens (tertiary/aromatic N) is 1. The molecule has 0 aliphatic heterocycles. The number of hydrogen-bond donors (Lipinski definition) is 2. The van der Waals surface area contributed by atoms with E-state index in [2.05, 4.69) is 5.48 Å². The molecule has 0 saturated heterocycles. The third-order valence-electron chi connectivity index (χ3n) is 3.80. The van der Waals surface area contributed by atoms with Gasteiger partial charge in [-0.25, -0.2) is 8.60 Å². The Morgan fingerprint density at radius 3 is 2.54 bits per heavy atom. The highest BCUT2D eigenvalue weighted by atomic mass is 35.5. The molecule has 2 rings (SSSR count). The molecule has 152 valence electrons. The van der Waals surface area contributed by atoms with E-state index in [9.17, 15) is 13.4 Å². The zero-order valence-electron chi connectivity index (χ0n) is 15.3. The number of carbonyl (C=O) groups excluding carboxylic acids is 1. The van der Waals surface area contributed by atoms with Crippen molar-refractivity contribution in [3.05, 3.63) is 52.8 Å². The third kappa shape index (κ3) is 5.90. The van der Waals surface area contributed by atoms with Gasteiger partial charge in [-0.2, -0.15) is 0 Å². The average molecular weight is 431 g/mol. The van der Waals surface area contributed by atoms with E-state index < -0.39 is 22.8 Å². The molecule has 1 atom stereocenters. The summed E-state index contributed by atoms with van der Waals surface area (Å²) in [6.45, 7) is 0.102. The summed E-state index contributed by atoms with van der Waals surface area (Å²) in [6.07, 6.45) is -0.195. The van der Waals surface area contributed by atoms with Gasteiger partial charge in [-0.05, 0) is 23.8 Å². The van der Waals surface area contributed by atoms with E-state index in [0.717, 1.165) is 17.7 Å². The van der Waals surface area contributed by atoms with Crippen molar-refractivity contribution >= 4 is 40.0 Å². The zero-order chi connectivity index (χ0) is 20.7. The van der Waals surface area contributed by atoms with E-state index >= 15 is 0 Å². The lowest BCUT2D eigenvalue weighted by Gasteiger charge is -2.26. The third-order valence-corrected chi connectivity index (χ3v) is 4.64. The second-order valence-electron chi connectivity index (χ2n) is 5.69. The van der Waals surface area contributed by atoms with Crippen molar-refractivity contribution in [1.29, 1.82) is 0 Å². The summed E-state index contributed by atoms with van der Waals surface area (Å²) in [4.78, 5) is 19.0. The van der Waals surface area contributed by atoms with Crippen LogP contribution in [0.1, 0.15) is 12.0 Å². The summed E-state index contributed by atoms with van der Waals surface area (Å²) < 4.78 is 38.9. The maximum atomic E-state index is 13.8. The molecule has 2 N–H and O–H groups in total. The van der Waals surface area contributed by atoms with Crippen LogP contribution in [0.15, 0.2) is 36.4 Å². The Balaban J connectivity index is 2.45. The predicted octanol–water partition coefficient (Wildman–Crippen LogP) is 3.61. The summed E-state index contributed by atoms with van der Waals surface area (Å²) in [6, 6.07) is 9.23. The van der Waals surface area contributed by atoms with E-state index in [4.69, 9.17) is 25.7 Å². The molecule has 1 amide bonds. The molecule has 0 saturated carbocycles. The smallest absolute Gasteiger partial charge is 0.228 e. The second-order valence-corrected chi connectivity index (χ2v) is 7.15. The van der Waals surface area contributed by atoms with Crippen LogP contribution in [-0.2, 0) is 27.3 Å². The Kier molecular flexibility index (Phi) is 8.18. The SMILES string of the molecule is CONc1cc(F)cc(Cl)c1N(Cc1ccc(OC)cc1)C(=O)CCS(=O)O. The molecule has 7 nitrogen and oxygen atoms in total. The molecule has 0 aliphatic rings. The van der Waals surface area contributed by atoms with Crippen LogP contribution < -0.4 is 15.1 Å². The van der Waals surface area contributed by atoms with Gasteiger partial charge in [0.15, 0.2) is 11.1 Å². The van der Waals surface area contributed by atoms with Crippen molar-refractivity contribution in [2.24, 2.45) is 0 Å². The molecule has 28 heavy (non-hydrogen) atoms. The van der Waals surface area contributed by atoms with E-state index in [1.807, 2.05) is 0 Å². The van der Waals surface area contributed by atoms with Gasteiger partial charge in [0, 0.05) is 12.5 Å². The molecule has 2 aromatic carbocycles. The number of amides is 1. The second kappa shape index (κ2) is 10.4. The first kappa shape index (κ1) is 22.1. The first-order valence-electron chi connectivity index (χ1n) is 8.14. The number of ether oxygens (including phenoxy) is 1. The molecular weight excluding hydrogens is 411 g/mol. The van der Waals surface area contributed by atoms with E-state index in [1.165, 1.54) is 12.0 Å². The van der Waals surface area contributed by atoms with Crippen LogP contribution in [-0.4, -0.2) is 34.6 Å². The molecule has 0 fully saturated rings. The van der Waals surface area contributed by atoms with Crippen molar-refractivity contribution in [3.63, 3.8) is 0 Å². The number of halogens is 2. The van der Waals surface area contributed by atoms with Crippen molar-refractivity contribution in [2.45, 2.75) is 13.0 Å². The monoisotopic (exact) mass is 430 g/mol. The van der Waals surface area contributed by atoms with Crippen LogP contribution in [0.5, 0.6) is 5.75 Å². The summed E-state index contributed by atoms with van der Waals surface area (Å²) in [7, 11) is 2.88. The van der Waals surface area contributed by atoms with Crippen LogP contribution in [0.2, 0.25) is 5.02 Å². The van der Waals surface area contributed by atoms with Gasteiger partial charge in [-0.1, -0.05) is 23.7 Å². The van der Waals surface area contributed by atoms with Crippen LogP contribution in [0.25, 0.3) is 0 Å². The Labute approximate surface area is 169 Å². The van der Waals surface area contributed by atoms with Gasteiger partial charge in [0.1, 0.15) is 11.6 Å². The largest absolute Gasteiger partial charge is 0.497 e. The highest BCUT2D eigenvalue weighted by molar-refractivity contribution is 7.79. The number of methoxy groups -OCH3 is 1. The maximum Gasteiger partial charge on any atom is 0.228 e. The van der Waals surface area contributed by atoms with Crippen molar-refractivity contribution in [2.75, 3.05) is 30.4 Å². The quantitative estimate of drug-likeness (QED) is 0.466. The Hall–Kier alpha value is -2.20. The normalized spacial score (nSPS) is 11.8. The summed E-state index contributed by atoms with van der Waals surface area (Å²) >= 11 is 4.10. The fraction of sp³-hybridized carbons (Fsp3) is 0.278. The molecule has 0 heterocycles. The Bertz CT molecular complexity index is 851. The van der Waals surface area contributed by atoms with Crippen molar-refractivity contribution in [1.82, 2.24) is 0 Å². The molecule has 10 heteroatoms. The van der Waals surface area contributed by atoms with E-state index in [1.54, 1.807) is 31.4 Å². The lowest BCUT2D eigenvalue weighted by Crippen LogP contribution is -2.32. The molecule has 0 aromatic heterocycles. The summed E-state index contributed by atoms with van der Waals surface area (Å²) in [5.74, 6) is -0.643. The first-order valence-corrected chi connectivity index (χ1v) is 9.80. The van der Waals surface area contributed by atoms with E-state index in [-0.39, 0.29) is 35.1 Å². The van der Waals surface area contributed by atoms with Gasteiger partial charge in [-0.15, -0.1) is 0 Å². The summed E-state index contributed by atoms with van der Waals surface area (Å²) in [5.41, 5.74) is 3.62. The standard InChI is InChI=1S/C18H20ClFN2O5S/c1-26-14-5-3-12(4-6-14)11-22(17(23)7-8-28(24)25)18-15(19)9-13(20)10-16(18)21-27-2/h3-6,9-10,21H,7-8,11H2,1-2H3,(H,24,25). The first-order chi connectivity index (χ1) is 13.3. The minimum Gasteiger partial charge on any atom is -0.497 e. The minimum absolute atomic E-state index is 0.00784. The molecule has 0 radical (unpaired) electrons. The Morgan fingerprint density at radius 2 is 1.96 bits per heavy atom. The van der Waals surface area contributed by atoms with E-state index in [0.29, 0.717) is 5.75 Å². The number of rotatable bonds is 9. The molecule has 0 aliphatic carbocycles. The number of benzene rings is 2. The van der Waals surface area contributed by atoms with Gasteiger partial charge in [0.05, 0.1) is 42.9 Å². The fourth-order valence-corrected chi connectivity index (χ4v) is 3.20. The van der Waals surface area contributed by atoms with Gasteiger partial charge in [-0.3, -0.25) is 15.1 Å². The fourth-order valence-electron chi connectivity index (χ4n) is 2.54. The maximum absolute atomic E-state index is 13.8. The van der Waals surface area contributed by atoms with Gasteiger partial charge in [0.25, 0.3) is 0 Å². The molecule has 0 spiro atoms. The topological polar surface area (TPSA) is 88.1 Å². The molecule has 1 unspecified atom stereocenters. The van der Waals surface area contributed by atoms with Crippen LogP contribution in [0.4, 0.5) is 15.8 Å². The predicted molar refractivity (Wildman–Crippen MR) is 106 cm³/mol. The van der Waals surface area contributed by atoms with Crippen molar-refractivity contribution in [3.8, 4) is 5.75 Å². The van der Waals surface area contributed by atoms with Gasteiger partial charge in [0.2, 0.25) is 5.91 Å². The number of carbonyl (C=O) groups is 1. The zero-order valence-corrected chi connectivity index (χ0v) is 16.8. The highest BCUT2D eigenvalue weighted by Crippen LogP contribution is 2.36. The molecular formula is C18H20ClFN2O5S. The minimum atomic E-state index is -2.13. The van der Waals surface area contributed by atoms with Gasteiger partial charge < -0.3 is 14.2 Å². The number of anilines is 2. The van der Waals surface area contributed by atoms with Crippen molar-refractivity contribution < 1.29 is 27.5 Å². The van der Waals surface area contributed by atoms with Gasteiger partial charge >= 0.3 is 0 Å². The number of nitrogens with one attached hydrogen (secondary N) is 1. The molecule has 0 bridgehead atoms. The lowest BCUT2D eigenvalue weighted by atomic mass is 10.1. The van der Waals surface area contributed by atoms with Crippen LogP contribution in [0.3, 0.4) is 0 Å². The summed E-state index contributed by atoms with van der Waals surface area (Å²) in [5, 5.41) is -0.00784. The lowest BCUT2D eigenvalue weighted by molar-refractivity contribution is -0.118. The number of hydrogen-bond acceptors (Lipinski definition) is 5. The molecule has 2 aromatic rings. The van der Waals surface area contributed by atoms with Crippen LogP contribution in [0, 0.1) is 5.82 Å². The highest BCUT2D eigenvalue weighted by Gasteiger charge is 2.23. The van der Waals surface area contributed by atoms with Crippen LogP contribution >= 0.6 is 11.6 Å². The Morgan fingerprint density at radius 1 is 1.29 bits per heavy atom. The average Bonchev–Trinajstić information content (AvgIpc) is 2.65.